The van der Waals surface area contributed by atoms with E-state index in [9.17, 15) is 9.59 Å². The van der Waals surface area contributed by atoms with Gasteiger partial charge in [-0.3, -0.25) is 9.59 Å². The van der Waals surface area contributed by atoms with Gasteiger partial charge in [0.1, 0.15) is 0 Å². The Labute approximate surface area is 167 Å². The normalized spacial score (nSPS) is 28.1. The van der Waals surface area contributed by atoms with Gasteiger partial charge in [-0.15, -0.1) is 12.4 Å². The standard InChI is InChI=1S/C21H29N3O2.ClH/c25-20(19-14-16-8-4-5-9-18(16)23-19)22-17-10-12-24(13-11-17)21(26)15-6-2-1-3-7-15;/h1-3,6-7,16-19,23H,4-5,8-14H2,(H,22,25);1H. The predicted molar refractivity (Wildman–Crippen MR) is 108 cm³/mol. The molecule has 3 fully saturated rings. The predicted octanol–water partition coefficient (Wildman–Crippen LogP) is 2.75. The minimum Gasteiger partial charge on any atom is -0.352 e. The SMILES string of the molecule is Cl.O=C(NC1CCN(C(=O)c2ccccc2)CC1)C1CC2CCCCC2N1. The van der Waals surface area contributed by atoms with Gasteiger partial charge in [-0.05, 0) is 50.2 Å². The fourth-order valence-corrected chi connectivity index (χ4v) is 4.81. The molecular weight excluding hydrogens is 362 g/mol. The molecule has 4 rings (SSSR count). The second-order valence-corrected chi connectivity index (χ2v) is 8.05. The highest BCUT2D eigenvalue weighted by Crippen LogP contribution is 2.33. The number of amides is 2. The first-order valence-electron chi connectivity index (χ1n) is 10.1. The summed E-state index contributed by atoms with van der Waals surface area (Å²) in [7, 11) is 0. The molecule has 1 aromatic rings. The second kappa shape index (κ2) is 9.07. The van der Waals surface area contributed by atoms with E-state index >= 15 is 0 Å². The molecule has 1 saturated carbocycles. The molecule has 148 valence electrons. The number of carbonyl (C=O) groups is 2. The smallest absolute Gasteiger partial charge is 0.253 e. The number of halogens is 1. The van der Waals surface area contributed by atoms with Crippen LogP contribution in [0.15, 0.2) is 30.3 Å². The molecule has 0 bridgehead atoms. The number of hydrogen-bond donors (Lipinski definition) is 2. The number of carbonyl (C=O) groups excluding carboxylic acids is 2. The zero-order chi connectivity index (χ0) is 17.9. The monoisotopic (exact) mass is 391 g/mol. The third kappa shape index (κ3) is 4.64. The highest BCUT2D eigenvalue weighted by Gasteiger charge is 2.38. The van der Waals surface area contributed by atoms with Crippen molar-refractivity contribution >= 4 is 24.2 Å². The van der Waals surface area contributed by atoms with Crippen LogP contribution in [-0.2, 0) is 4.79 Å². The van der Waals surface area contributed by atoms with Crippen molar-refractivity contribution in [2.24, 2.45) is 5.92 Å². The average molecular weight is 392 g/mol. The third-order valence-corrected chi connectivity index (χ3v) is 6.33. The van der Waals surface area contributed by atoms with Gasteiger partial charge in [0, 0.05) is 30.7 Å². The zero-order valence-electron chi connectivity index (χ0n) is 15.7. The lowest BCUT2D eigenvalue weighted by Crippen LogP contribution is -2.51. The fourth-order valence-electron chi connectivity index (χ4n) is 4.81. The molecular formula is C21H30ClN3O2. The lowest BCUT2D eigenvalue weighted by Gasteiger charge is -2.33. The topological polar surface area (TPSA) is 61.4 Å². The van der Waals surface area contributed by atoms with Crippen molar-refractivity contribution in [3.8, 4) is 0 Å². The fraction of sp³-hybridized carbons (Fsp3) is 0.619. The molecule has 5 nitrogen and oxygen atoms in total. The van der Waals surface area contributed by atoms with Gasteiger partial charge >= 0.3 is 0 Å². The Morgan fingerprint density at radius 3 is 2.41 bits per heavy atom. The van der Waals surface area contributed by atoms with Crippen molar-refractivity contribution in [3.63, 3.8) is 0 Å². The Kier molecular flexibility index (Phi) is 6.77. The van der Waals surface area contributed by atoms with Crippen LogP contribution >= 0.6 is 12.4 Å². The van der Waals surface area contributed by atoms with Gasteiger partial charge in [0.2, 0.25) is 5.91 Å². The summed E-state index contributed by atoms with van der Waals surface area (Å²) in [6.07, 6.45) is 7.74. The van der Waals surface area contributed by atoms with Crippen molar-refractivity contribution in [3.05, 3.63) is 35.9 Å². The molecule has 3 atom stereocenters. The summed E-state index contributed by atoms with van der Waals surface area (Å²) in [6, 6.07) is 10.1. The number of benzene rings is 1. The molecule has 0 aromatic heterocycles. The first-order valence-corrected chi connectivity index (χ1v) is 10.1. The maximum Gasteiger partial charge on any atom is 0.253 e. The number of rotatable bonds is 3. The quantitative estimate of drug-likeness (QED) is 0.832. The van der Waals surface area contributed by atoms with E-state index in [2.05, 4.69) is 10.6 Å². The first kappa shape index (κ1) is 20.2. The van der Waals surface area contributed by atoms with Gasteiger partial charge in [-0.2, -0.15) is 0 Å². The molecule has 0 spiro atoms. The molecule has 6 heteroatoms. The van der Waals surface area contributed by atoms with E-state index in [1.165, 1.54) is 25.7 Å². The van der Waals surface area contributed by atoms with Crippen LogP contribution < -0.4 is 10.6 Å². The Hall–Kier alpha value is -1.59. The molecule has 0 radical (unpaired) electrons. The number of fused-ring (bicyclic) bond motifs is 1. The van der Waals surface area contributed by atoms with Crippen molar-refractivity contribution < 1.29 is 9.59 Å². The van der Waals surface area contributed by atoms with E-state index in [1.807, 2.05) is 35.2 Å². The number of likely N-dealkylation sites (tertiary alicyclic amines) is 1. The van der Waals surface area contributed by atoms with Crippen LogP contribution in [0.4, 0.5) is 0 Å². The van der Waals surface area contributed by atoms with Crippen LogP contribution in [-0.4, -0.2) is 47.9 Å². The Morgan fingerprint density at radius 1 is 1.00 bits per heavy atom. The summed E-state index contributed by atoms with van der Waals surface area (Å²) in [4.78, 5) is 27.1. The molecule has 1 aromatic carbocycles. The maximum absolute atomic E-state index is 12.6. The van der Waals surface area contributed by atoms with Crippen molar-refractivity contribution in [1.82, 2.24) is 15.5 Å². The summed E-state index contributed by atoms with van der Waals surface area (Å²) < 4.78 is 0. The largest absolute Gasteiger partial charge is 0.352 e. The van der Waals surface area contributed by atoms with Gasteiger partial charge in [0.15, 0.2) is 0 Å². The molecule has 2 aliphatic heterocycles. The number of nitrogens with one attached hydrogen (secondary N) is 2. The number of nitrogens with zero attached hydrogens (tertiary/aromatic N) is 1. The van der Waals surface area contributed by atoms with E-state index in [-0.39, 0.29) is 36.3 Å². The zero-order valence-corrected chi connectivity index (χ0v) is 16.5. The van der Waals surface area contributed by atoms with Gasteiger partial charge in [-0.25, -0.2) is 0 Å². The molecule has 2 N–H and O–H groups in total. The Balaban J connectivity index is 0.00000210. The van der Waals surface area contributed by atoms with Crippen molar-refractivity contribution in [1.29, 1.82) is 0 Å². The molecule has 1 aliphatic carbocycles. The number of hydrogen-bond acceptors (Lipinski definition) is 3. The molecule has 2 amide bonds. The highest BCUT2D eigenvalue weighted by atomic mass is 35.5. The highest BCUT2D eigenvalue weighted by molar-refractivity contribution is 5.94. The van der Waals surface area contributed by atoms with Crippen molar-refractivity contribution in [2.45, 2.75) is 63.1 Å². The number of piperidine rings is 1. The van der Waals surface area contributed by atoms with Gasteiger partial charge < -0.3 is 15.5 Å². The third-order valence-electron chi connectivity index (χ3n) is 6.33. The van der Waals surface area contributed by atoms with Crippen LogP contribution in [0.5, 0.6) is 0 Å². The average Bonchev–Trinajstić information content (AvgIpc) is 3.13. The van der Waals surface area contributed by atoms with Crippen LogP contribution in [0.3, 0.4) is 0 Å². The van der Waals surface area contributed by atoms with Gasteiger partial charge in [0.25, 0.3) is 5.91 Å². The van der Waals surface area contributed by atoms with Crippen LogP contribution in [0.25, 0.3) is 0 Å². The summed E-state index contributed by atoms with van der Waals surface area (Å²) in [5, 5.41) is 6.78. The second-order valence-electron chi connectivity index (χ2n) is 8.05. The molecule has 3 aliphatic rings. The minimum atomic E-state index is -0.0212. The molecule has 27 heavy (non-hydrogen) atoms. The lowest BCUT2D eigenvalue weighted by atomic mass is 9.85. The summed E-state index contributed by atoms with van der Waals surface area (Å²) in [5.74, 6) is 0.939. The van der Waals surface area contributed by atoms with E-state index in [1.54, 1.807) is 0 Å². The molecule has 3 unspecified atom stereocenters. The van der Waals surface area contributed by atoms with Crippen LogP contribution in [0, 0.1) is 5.92 Å². The van der Waals surface area contributed by atoms with Crippen LogP contribution in [0.2, 0.25) is 0 Å². The van der Waals surface area contributed by atoms with E-state index in [4.69, 9.17) is 0 Å². The minimum absolute atomic E-state index is 0. The van der Waals surface area contributed by atoms with E-state index in [0.717, 1.165) is 24.8 Å². The van der Waals surface area contributed by atoms with Crippen LogP contribution in [0.1, 0.15) is 55.3 Å². The first-order chi connectivity index (χ1) is 12.7. The summed E-state index contributed by atoms with van der Waals surface area (Å²) >= 11 is 0. The lowest BCUT2D eigenvalue weighted by molar-refractivity contribution is -0.123. The maximum atomic E-state index is 12.6. The van der Waals surface area contributed by atoms with Gasteiger partial charge in [-0.1, -0.05) is 31.0 Å². The summed E-state index contributed by atoms with van der Waals surface area (Å²) in [5.41, 5.74) is 0.743. The van der Waals surface area contributed by atoms with Crippen molar-refractivity contribution in [2.75, 3.05) is 13.1 Å². The van der Waals surface area contributed by atoms with E-state index in [0.29, 0.717) is 25.0 Å². The Bertz CT molecular complexity index is 632. The van der Waals surface area contributed by atoms with Gasteiger partial charge in [0.05, 0.1) is 6.04 Å². The molecule has 2 heterocycles. The molecule has 2 saturated heterocycles. The van der Waals surface area contributed by atoms with E-state index < -0.39 is 0 Å². The Morgan fingerprint density at radius 2 is 1.70 bits per heavy atom. The summed E-state index contributed by atoms with van der Waals surface area (Å²) in [6.45, 7) is 1.42.